The van der Waals surface area contributed by atoms with Crippen molar-refractivity contribution >= 4 is 35.1 Å². The van der Waals surface area contributed by atoms with Gasteiger partial charge in [-0.15, -0.1) is 36.5 Å². The van der Waals surface area contributed by atoms with E-state index in [1.165, 1.54) is 28.7 Å². The molecule has 0 fully saturated rings. The van der Waals surface area contributed by atoms with E-state index in [2.05, 4.69) is 25.8 Å². The van der Waals surface area contributed by atoms with Gasteiger partial charge in [-0.2, -0.15) is 0 Å². The molecule has 0 saturated heterocycles. The van der Waals surface area contributed by atoms with Crippen molar-refractivity contribution < 1.29 is 4.74 Å². The fourth-order valence-corrected chi connectivity index (χ4v) is 3.69. The highest BCUT2D eigenvalue weighted by Crippen LogP contribution is 2.35. The Labute approximate surface area is 149 Å². The van der Waals surface area contributed by atoms with Crippen LogP contribution in [0.25, 0.3) is 10.9 Å². The number of methoxy groups -OCH3 is 1. The number of terminal acetylenes is 1. The highest BCUT2D eigenvalue weighted by Gasteiger charge is 2.13. The Hall–Kier alpha value is -1.37. The van der Waals surface area contributed by atoms with Gasteiger partial charge in [0.1, 0.15) is 5.75 Å². The topological polar surface area (TPSA) is 22.1 Å². The minimum Gasteiger partial charge on any atom is -0.497 e. The maximum Gasteiger partial charge on any atom is 0.119 e. The lowest BCUT2D eigenvalue weighted by atomic mass is 10.0. The van der Waals surface area contributed by atoms with Crippen LogP contribution in [0.1, 0.15) is 37.4 Å². The standard InChI is InChI=1S/C19H23NOS.ClH/c1-5-7-9-16-14(3)20-18-11-10-15(21-4)13-17(18)19(16)22-12-8-6-2;/h2,10-11,13H,5,7-9,12H2,1,3-4H3;1H. The summed E-state index contributed by atoms with van der Waals surface area (Å²) in [6.45, 7) is 4.33. The van der Waals surface area contributed by atoms with Crippen molar-refractivity contribution in [3.8, 4) is 18.1 Å². The molecule has 1 heterocycles. The third-order valence-corrected chi connectivity index (χ3v) is 4.88. The van der Waals surface area contributed by atoms with Crippen LogP contribution in [0, 0.1) is 19.3 Å². The zero-order valence-electron chi connectivity index (χ0n) is 14.0. The number of hydrogen-bond donors (Lipinski definition) is 0. The summed E-state index contributed by atoms with van der Waals surface area (Å²) in [6.07, 6.45) is 9.62. The maximum absolute atomic E-state index is 5.40. The van der Waals surface area contributed by atoms with E-state index in [1.54, 1.807) is 7.11 Å². The second-order valence-corrected chi connectivity index (χ2v) is 6.40. The van der Waals surface area contributed by atoms with Crippen LogP contribution in [0.4, 0.5) is 0 Å². The van der Waals surface area contributed by atoms with Crippen molar-refractivity contribution in [2.75, 3.05) is 12.9 Å². The van der Waals surface area contributed by atoms with Crippen molar-refractivity contribution in [1.29, 1.82) is 0 Å². The normalized spacial score (nSPS) is 10.2. The Bertz CT molecular complexity index is 694. The van der Waals surface area contributed by atoms with Gasteiger partial charge in [-0.05, 0) is 43.5 Å². The third kappa shape index (κ3) is 4.80. The van der Waals surface area contributed by atoms with Crippen LogP contribution in [-0.2, 0) is 6.42 Å². The first kappa shape index (κ1) is 19.7. The molecule has 0 saturated carbocycles. The Kier molecular flexibility index (Phi) is 8.30. The van der Waals surface area contributed by atoms with Gasteiger partial charge in [-0.1, -0.05) is 13.3 Å². The zero-order valence-corrected chi connectivity index (χ0v) is 15.6. The molecule has 0 bridgehead atoms. The van der Waals surface area contributed by atoms with Crippen LogP contribution in [0.3, 0.4) is 0 Å². The molecule has 0 N–H and O–H groups in total. The van der Waals surface area contributed by atoms with Gasteiger partial charge in [0.05, 0.1) is 12.6 Å². The molecule has 4 heteroatoms. The summed E-state index contributed by atoms with van der Waals surface area (Å²) < 4.78 is 5.38. The van der Waals surface area contributed by atoms with Crippen LogP contribution >= 0.6 is 24.2 Å². The molecule has 0 aliphatic rings. The summed E-state index contributed by atoms with van der Waals surface area (Å²) in [5.74, 6) is 4.53. The van der Waals surface area contributed by atoms with Crippen molar-refractivity contribution in [3.05, 3.63) is 29.5 Å². The first-order chi connectivity index (χ1) is 10.7. The molecule has 0 amide bonds. The van der Waals surface area contributed by atoms with Gasteiger partial charge in [0.2, 0.25) is 0 Å². The van der Waals surface area contributed by atoms with Gasteiger partial charge in [-0.3, -0.25) is 4.98 Å². The van der Waals surface area contributed by atoms with E-state index in [-0.39, 0.29) is 12.4 Å². The number of nitrogens with zero attached hydrogens (tertiary/aromatic N) is 1. The number of aryl methyl sites for hydroxylation is 1. The van der Waals surface area contributed by atoms with E-state index in [0.29, 0.717) is 0 Å². The molecule has 0 radical (unpaired) electrons. The van der Waals surface area contributed by atoms with Crippen LogP contribution in [0.5, 0.6) is 5.75 Å². The number of hydrogen-bond acceptors (Lipinski definition) is 3. The number of fused-ring (bicyclic) bond motifs is 1. The summed E-state index contributed by atoms with van der Waals surface area (Å²) >= 11 is 1.85. The molecule has 2 aromatic rings. The number of benzene rings is 1. The van der Waals surface area contributed by atoms with E-state index in [1.807, 2.05) is 23.9 Å². The van der Waals surface area contributed by atoms with Gasteiger partial charge in [0.15, 0.2) is 0 Å². The second kappa shape index (κ2) is 9.70. The Morgan fingerprint density at radius 3 is 2.78 bits per heavy atom. The number of unbranched alkanes of at least 4 members (excludes halogenated alkanes) is 1. The summed E-state index contributed by atoms with van der Waals surface area (Å²) in [5.41, 5.74) is 3.53. The molecule has 23 heavy (non-hydrogen) atoms. The van der Waals surface area contributed by atoms with Crippen molar-refractivity contribution in [1.82, 2.24) is 4.98 Å². The Morgan fingerprint density at radius 2 is 2.13 bits per heavy atom. The maximum atomic E-state index is 5.40. The number of pyridine rings is 1. The van der Waals surface area contributed by atoms with E-state index in [9.17, 15) is 0 Å². The lowest BCUT2D eigenvalue weighted by Gasteiger charge is -2.15. The average Bonchev–Trinajstić information content (AvgIpc) is 2.53. The highest BCUT2D eigenvalue weighted by atomic mass is 35.5. The predicted octanol–water partition coefficient (Wildman–Crippen LogP) is 5.43. The van der Waals surface area contributed by atoms with Gasteiger partial charge in [0.25, 0.3) is 0 Å². The molecule has 0 aliphatic heterocycles. The fraction of sp³-hybridized carbons (Fsp3) is 0.421. The summed E-state index contributed by atoms with van der Waals surface area (Å²) in [5, 5.41) is 1.18. The average molecular weight is 350 g/mol. The van der Waals surface area contributed by atoms with E-state index in [0.717, 1.165) is 35.6 Å². The number of halogens is 1. The zero-order chi connectivity index (χ0) is 15.9. The largest absolute Gasteiger partial charge is 0.497 e. The van der Waals surface area contributed by atoms with E-state index >= 15 is 0 Å². The molecule has 0 spiro atoms. The molecule has 0 aliphatic carbocycles. The molecular weight excluding hydrogens is 326 g/mol. The van der Waals surface area contributed by atoms with Crippen LogP contribution in [0.2, 0.25) is 0 Å². The number of aromatic nitrogens is 1. The lowest BCUT2D eigenvalue weighted by Crippen LogP contribution is -1.99. The summed E-state index contributed by atoms with van der Waals surface area (Å²) in [4.78, 5) is 6.11. The van der Waals surface area contributed by atoms with Gasteiger partial charge >= 0.3 is 0 Å². The molecule has 0 unspecified atom stereocenters. The first-order valence-electron chi connectivity index (χ1n) is 7.74. The quantitative estimate of drug-likeness (QED) is 0.378. The molecule has 2 nitrogen and oxygen atoms in total. The Balaban J connectivity index is 0.00000264. The van der Waals surface area contributed by atoms with Gasteiger partial charge in [0, 0.05) is 28.1 Å². The summed E-state index contributed by atoms with van der Waals surface area (Å²) in [6, 6.07) is 6.10. The molecule has 1 aromatic carbocycles. The van der Waals surface area contributed by atoms with Gasteiger partial charge < -0.3 is 4.74 Å². The highest BCUT2D eigenvalue weighted by molar-refractivity contribution is 7.99. The van der Waals surface area contributed by atoms with E-state index in [4.69, 9.17) is 16.1 Å². The lowest BCUT2D eigenvalue weighted by molar-refractivity contribution is 0.415. The first-order valence-corrected chi connectivity index (χ1v) is 8.73. The fourth-order valence-electron chi connectivity index (χ4n) is 2.52. The predicted molar refractivity (Wildman–Crippen MR) is 103 cm³/mol. The number of thioether (sulfide) groups is 1. The molecule has 2 rings (SSSR count). The second-order valence-electron chi connectivity index (χ2n) is 5.29. The van der Waals surface area contributed by atoms with Crippen molar-refractivity contribution in [3.63, 3.8) is 0 Å². The van der Waals surface area contributed by atoms with E-state index < -0.39 is 0 Å². The SMILES string of the molecule is C#CCCSc1c(CCCC)c(C)nc2ccc(OC)cc12.Cl. The van der Waals surface area contributed by atoms with Crippen LogP contribution in [0.15, 0.2) is 23.1 Å². The minimum atomic E-state index is 0. The summed E-state index contributed by atoms with van der Waals surface area (Å²) in [7, 11) is 1.70. The van der Waals surface area contributed by atoms with Crippen LogP contribution in [-0.4, -0.2) is 17.8 Å². The molecule has 1 aromatic heterocycles. The third-order valence-electron chi connectivity index (χ3n) is 3.72. The molecule has 0 atom stereocenters. The number of ether oxygens (including phenoxy) is 1. The monoisotopic (exact) mass is 349 g/mol. The molecular formula is C19H24ClNOS. The minimum absolute atomic E-state index is 0. The smallest absolute Gasteiger partial charge is 0.119 e. The van der Waals surface area contributed by atoms with Crippen molar-refractivity contribution in [2.45, 2.75) is 44.4 Å². The van der Waals surface area contributed by atoms with Crippen molar-refractivity contribution in [2.24, 2.45) is 0 Å². The van der Waals surface area contributed by atoms with Crippen LogP contribution < -0.4 is 4.74 Å². The Morgan fingerprint density at radius 1 is 1.35 bits per heavy atom. The van der Waals surface area contributed by atoms with Gasteiger partial charge in [-0.25, -0.2) is 0 Å². The number of rotatable bonds is 7. The molecule has 124 valence electrons.